The monoisotopic (exact) mass is 229 g/mol. The minimum Gasteiger partial charge on any atom is -0.409 e. The van der Waals surface area contributed by atoms with Gasteiger partial charge in [0.2, 0.25) is 5.91 Å². The third kappa shape index (κ3) is 2.27. The third-order valence-corrected chi connectivity index (χ3v) is 2.99. The summed E-state index contributed by atoms with van der Waals surface area (Å²) in [6, 6.07) is 0. The lowest BCUT2D eigenvalue weighted by Gasteiger charge is -2.25. The van der Waals surface area contributed by atoms with Gasteiger partial charge in [-0.25, -0.2) is 0 Å². The Morgan fingerprint density at radius 1 is 1.62 bits per heavy atom. The Morgan fingerprint density at radius 3 is 2.62 bits per heavy atom. The molecule has 1 amide bonds. The predicted molar refractivity (Wildman–Crippen MR) is 59.2 cm³/mol. The predicted octanol–water partition coefficient (Wildman–Crippen LogP) is 0.00790. The van der Waals surface area contributed by atoms with Crippen molar-refractivity contribution < 1.29 is 14.7 Å². The molecule has 0 bridgehead atoms. The molecule has 0 aromatic heterocycles. The largest absolute Gasteiger partial charge is 0.409 e. The van der Waals surface area contributed by atoms with Crippen LogP contribution in [0.3, 0.4) is 0 Å². The van der Waals surface area contributed by atoms with Crippen molar-refractivity contribution in [3.63, 3.8) is 0 Å². The molecule has 3 N–H and O–H groups in total. The van der Waals surface area contributed by atoms with E-state index in [9.17, 15) is 4.79 Å². The number of amidine groups is 1. The Hall–Kier alpha value is -1.30. The molecule has 1 aliphatic rings. The topological polar surface area (TPSA) is 88.2 Å². The average Bonchev–Trinajstić information content (AvgIpc) is 3.10. The van der Waals surface area contributed by atoms with Crippen LogP contribution < -0.4 is 5.73 Å². The first-order chi connectivity index (χ1) is 7.62. The number of methoxy groups -OCH3 is 1. The number of amides is 1. The molecule has 0 aromatic rings. The van der Waals surface area contributed by atoms with Crippen molar-refractivity contribution >= 4 is 11.7 Å². The van der Waals surface area contributed by atoms with E-state index in [1.54, 1.807) is 12.0 Å². The molecule has 16 heavy (non-hydrogen) atoms. The number of nitrogens with zero attached hydrogens (tertiary/aromatic N) is 2. The summed E-state index contributed by atoms with van der Waals surface area (Å²) in [5.74, 6) is -0.0456. The molecule has 1 aliphatic carbocycles. The maximum absolute atomic E-state index is 12.2. The van der Waals surface area contributed by atoms with E-state index in [2.05, 4.69) is 5.16 Å². The van der Waals surface area contributed by atoms with Gasteiger partial charge in [-0.2, -0.15) is 0 Å². The zero-order chi connectivity index (χ0) is 12.2. The van der Waals surface area contributed by atoms with Crippen LogP contribution in [0.5, 0.6) is 0 Å². The smallest absolute Gasteiger partial charge is 0.236 e. The Kier molecular flexibility index (Phi) is 4.12. The Morgan fingerprint density at radius 2 is 2.25 bits per heavy atom. The SMILES string of the molecule is CCN(CCOC)C(=O)C1(C(N)=NO)CC1. The third-order valence-electron chi connectivity index (χ3n) is 2.99. The molecule has 6 nitrogen and oxygen atoms in total. The molecule has 92 valence electrons. The van der Waals surface area contributed by atoms with Crippen molar-refractivity contribution in [2.45, 2.75) is 19.8 Å². The number of hydrogen-bond donors (Lipinski definition) is 2. The van der Waals surface area contributed by atoms with E-state index < -0.39 is 5.41 Å². The Bertz CT molecular complexity index is 287. The van der Waals surface area contributed by atoms with Crippen LogP contribution in [-0.2, 0) is 9.53 Å². The highest BCUT2D eigenvalue weighted by molar-refractivity contribution is 6.09. The van der Waals surface area contributed by atoms with Crippen molar-refractivity contribution in [3.05, 3.63) is 0 Å². The fourth-order valence-electron chi connectivity index (χ4n) is 1.71. The molecule has 0 unspecified atom stereocenters. The minimum absolute atomic E-state index is 0.0216. The van der Waals surface area contributed by atoms with E-state index in [0.717, 1.165) is 0 Å². The molecule has 0 aromatic carbocycles. The summed E-state index contributed by atoms with van der Waals surface area (Å²) in [6.45, 7) is 3.52. The number of nitrogens with two attached hydrogens (primary N) is 1. The van der Waals surface area contributed by atoms with Crippen LogP contribution in [0.2, 0.25) is 0 Å². The normalized spacial score (nSPS) is 18.2. The highest BCUT2D eigenvalue weighted by Crippen LogP contribution is 2.47. The van der Waals surface area contributed by atoms with Crippen LogP contribution in [0, 0.1) is 5.41 Å². The first-order valence-electron chi connectivity index (χ1n) is 5.38. The van der Waals surface area contributed by atoms with E-state index in [-0.39, 0.29) is 11.7 Å². The molecular formula is C10H19N3O3. The van der Waals surface area contributed by atoms with Crippen LogP contribution >= 0.6 is 0 Å². The van der Waals surface area contributed by atoms with Crippen LogP contribution in [-0.4, -0.2) is 48.7 Å². The highest BCUT2D eigenvalue weighted by Gasteiger charge is 2.55. The van der Waals surface area contributed by atoms with E-state index in [1.807, 2.05) is 6.92 Å². The molecule has 0 aliphatic heterocycles. The summed E-state index contributed by atoms with van der Waals surface area (Å²) in [4.78, 5) is 13.8. The lowest BCUT2D eigenvalue weighted by Crippen LogP contribution is -2.44. The van der Waals surface area contributed by atoms with E-state index in [1.165, 1.54) is 0 Å². The van der Waals surface area contributed by atoms with Gasteiger partial charge in [0.15, 0.2) is 5.84 Å². The van der Waals surface area contributed by atoms with Crippen molar-refractivity contribution in [1.29, 1.82) is 0 Å². The highest BCUT2D eigenvalue weighted by atomic mass is 16.5. The number of rotatable bonds is 6. The second kappa shape index (κ2) is 5.16. The van der Waals surface area contributed by atoms with Crippen molar-refractivity contribution in [3.8, 4) is 0 Å². The fraction of sp³-hybridized carbons (Fsp3) is 0.800. The molecule has 0 atom stereocenters. The van der Waals surface area contributed by atoms with Gasteiger partial charge >= 0.3 is 0 Å². The summed E-state index contributed by atoms with van der Waals surface area (Å²) in [5, 5.41) is 11.6. The molecule has 0 saturated heterocycles. The lowest BCUT2D eigenvalue weighted by atomic mass is 10.0. The molecule has 6 heteroatoms. The molecule has 0 spiro atoms. The summed E-state index contributed by atoms with van der Waals surface area (Å²) < 4.78 is 4.94. The molecular weight excluding hydrogens is 210 g/mol. The number of carbonyl (C=O) groups excluding carboxylic acids is 1. The summed E-state index contributed by atoms with van der Waals surface area (Å²) in [7, 11) is 1.59. The van der Waals surface area contributed by atoms with Crippen LogP contribution in [0.4, 0.5) is 0 Å². The Labute approximate surface area is 95.0 Å². The van der Waals surface area contributed by atoms with Crippen molar-refractivity contribution in [1.82, 2.24) is 4.90 Å². The summed E-state index contributed by atoms with van der Waals surface area (Å²) in [6.07, 6.45) is 1.32. The van der Waals surface area contributed by atoms with Crippen LogP contribution in [0.1, 0.15) is 19.8 Å². The molecule has 1 rings (SSSR count). The first kappa shape index (κ1) is 12.8. The van der Waals surface area contributed by atoms with Gasteiger partial charge < -0.3 is 20.6 Å². The lowest BCUT2D eigenvalue weighted by molar-refractivity contribution is -0.135. The number of likely N-dealkylation sites (N-methyl/N-ethyl adjacent to an activating group) is 1. The van der Waals surface area contributed by atoms with Gasteiger partial charge in [-0.15, -0.1) is 0 Å². The summed E-state index contributed by atoms with van der Waals surface area (Å²) >= 11 is 0. The van der Waals surface area contributed by atoms with E-state index in [4.69, 9.17) is 15.7 Å². The van der Waals surface area contributed by atoms with Gasteiger partial charge in [-0.3, -0.25) is 4.79 Å². The molecule has 0 radical (unpaired) electrons. The second-order valence-electron chi connectivity index (χ2n) is 3.94. The maximum atomic E-state index is 12.2. The number of ether oxygens (including phenoxy) is 1. The second-order valence-corrected chi connectivity index (χ2v) is 3.94. The van der Waals surface area contributed by atoms with Crippen LogP contribution in [0.15, 0.2) is 5.16 Å². The number of hydrogen-bond acceptors (Lipinski definition) is 4. The van der Waals surface area contributed by atoms with Gasteiger partial charge in [0.25, 0.3) is 0 Å². The van der Waals surface area contributed by atoms with Crippen molar-refractivity contribution in [2.75, 3.05) is 26.8 Å². The molecule has 0 heterocycles. The fourth-order valence-corrected chi connectivity index (χ4v) is 1.71. The van der Waals surface area contributed by atoms with E-state index >= 15 is 0 Å². The first-order valence-corrected chi connectivity index (χ1v) is 5.38. The van der Waals surface area contributed by atoms with Crippen molar-refractivity contribution in [2.24, 2.45) is 16.3 Å². The summed E-state index contributed by atoms with van der Waals surface area (Å²) in [5.41, 5.74) is 4.81. The zero-order valence-electron chi connectivity index (χ0n) is 9.77. The van der Waals surface area contributed by atoms with Gasteiger partial charge in [-0.05, 0) is 19.8 Å². The molecule has 1 fully saturated rings. The number of oxime groups is 1. The van der Waals surface area contributed by atoms with Gasteiger partial charge in [0.05, 0.1) is 6.61 Å². The zero-order valence-corrected chi connectivity index (χ0v) is 9.77. The average molecular weight is 229 g/mol. The number of carbonyl (C=O) groups is 1. The van der Waals surface area contributed by atoms with Gasteiger partial charge in [-0.1, -0.05) is 5.16 Å². The maximum Gasteiger partial charge on any atom is 0.236 e. The Balaban J connectivity index is 2.68. The van der Waals surface area contributed by atoms with Gasteiger partial charge in [0, 0.05) is 20.2 Å². The quantitative estimate of drug-likeness (QED) is 0.290. The minimum atomic E-state index is -0.751. The molecule has 1 saturated carbocycles. The van der Waals surface area contributed by atoms with Crippen LogP contribution in [0.25, 0.3) is 0 Å². The van der Waals surface area contributed by atoms with E-state index in [0.29, 0.717) is 32.5 Å². The van der Waals surface area contributed by atoms with Gasteiger partial charge in [0.1, 0.15) is 5.41 Å². The standard InChI is InChI=1S/C10H19N3O3/c1-3-13(6-7-16-2)9(14)10(4-5-10)8(11)12-15/h15H,3-7H2,1-2H3,(H2,11,12).